The minimum Gasteiger partial charge on any atom is -0.341 e. The molecule has 8 nitrogen and oxygen atoms in total. The summed E-state index contributed by atoms with van der Waals surface area (Å²) in [5.41, 5.74) is 0. The molecule has 0 aromatic carbocycles. The third kappa shape index (κ3) is 6.43. The molecule has 0 bridgehead atoms. The van der Waals surface area contributed by atoms with E-state index < -0.39 is 6.03 Å². The van der Waals surface area contributed by atoms with E-state index in [1.807, 2.05) is 6.07 Å². The Kier molecular flexibility index (Phi) is 7.32. The Morgan fingerprint density at radius 3 is 2.84 bits per heavy atom. The maximum atomic E-state index is 12.4. The molecule has 0 radical (unpaired) electrons. The van der Waals surface area contributed by atoms with E-state index in [9.17, 15) is 14.4 Å². The molecule has 1 fully saturated rings. The van der Waals surface area contributed by atoms with Gasteiger partial charge in [-0.25, -0.2) is 9.78 Å². The SMILES string of the molecule is CNC(=O)NC(=O)CCN1CCCC(C(=O)Nc2ccc(Br)cn2)C1. The van der Waals surface area contributed by atoms with Crippen LogP contribution in [0.5, 0.6) is 0 Å². The highest BCUT2D eigenvalue weighted by atomic mass is 79.9. The van der Waals surface area contributed by atoms with Crippen molar-refractivity contribution in [3.63, 3.8) is 0 Å². The van der Waals surface area contributed by atoms with Crippen LogP contribution in [0, 0.1) is 5.92 Å². The molecule has 1 saturated heterocycles. The summed E-state index contributed by atoms with van der Waals surface area (Å²) in [6.45, 7) is 1.95. The van der Waals surface area contributed by atoms with Crippen LogP contribution in [0.15, 0.2) is 22.8 Å². The summed E-state index contributed by atoms with van der Waals surface area (Å²) in [5, 5.41) is 7.40. The van der Waals surface area contributed by atoms with E-state index in [-0.39, 0.29) is 24.2 Å². The Labute approximate surface area is 154 Å². The largest absolute Gasteiger partial charge is 0.341 e. The molecule has 2 heterocycles. The number of imide groups is 1. The Balaban J connectivity index is 1.79. The van der Waals surface area contributed by atoms with Gasteiger partial charge in [0.05, 0.1) is 5.92 Å². The van der Waals surface area contributed by atoms with Gasteiger partial charge in [0.1, 0.15) is 5.82 Å². The number of amides is 4. The average Bonchev–Trinajstić information content (AvgIpc) is 2.62. The van der Waals surface area contributed by atoms with Crippen molar-refractivity contribution in [3.05, 3.63) is 22.8 Å². The standard InChI is InChI=1S/C16H22BrN5O3/c1-18-16(25)21-14(23)6-8-22-7-2-3-11(10-22)15(24)20-13-5-4-12(17)9-19-13/h4-5,9,11H,2-3,6-8,10H2,1H3,(H,19,20,24)(H2,18,21,23,25). The highest BCUT2D eigenvalue weighted by molar-refractivity contribution is 9.10. The minimum atomic E-state index is -0.511. The minimum absolute atomic E-state index is 0.0608. The van der Waals surface area contributed by atoms with E-state index in [1.54, 1.807) is 12.3 Å². The van der Waals surface area contributed by atoms with Gasteiger partial charge in [-0.1, -0.05) is 0 Å². The molecule has 1 unspecified atom stereocenters. The second-order valence-corrected chi connectivity index (χ2v) is 6.78. The Morgan fingerprint density at radius 1 is 1.36 bits per heavy atom. The van der Waals surface area contributed by atoms with Gasteiger partial charge in [0, 0.05) is 37.2 Å². The molecule has 2 rings (SSSR count). The molecule has 1 aliphatic heterocycles. The summed E-state index contributed by atoms with van der Waals surface area (Å²) in [5.74, 6) is -0.00389. The van der Waals surface area contributed by atoms with Gasteiger partial charge in [-0.2, -0.15) is 0 Å². The van der Waals surface area contributed by atoms with Crippen molar-refractivity contribution < 1.29 is 14.4 Å². The van der Waals surface area contributed by atoms with Gasteiger partial charge in [-0.3, -0.25) is 14.9 Å². The number of rotatable bonds is 5. The first kappa shape index (κ1) is 19.3. The number of carbonyl (C=O) groups excluding carboxylic acids is 3. The van der Waals surface area contributed by atoms with Gasteiger partial charge in [0.25, 0.3) is 0 Å². The molecule has 136 valence electrons. The van der Waals surface area contributed by atoms with Crippen LogP contribution in [0.3, 0.4) is 0 Å². The molecule has 1 atom stereocenters. The van der Waals surface area contributed by atoms with Crippen LogP contribution in [0.25, 0.3) is 0 Å². The van der Waals surface area contributed by atoms with E-state index in [0.717, 1.165) is 23.9 Å². The second-order valence-electron chi connectivity index (χ2n) is 5.87. The molecule has 25 heavy (non-hydrogen) atoms. The molecular formula is C16H22BrN5O3. The number of urea groups is 1. The van der Waals surface area contributed by atoms with E-state index in [0.29, 0.717) is 18.9 Å². The van der Waals surface area contributed by atoms with Crippen LogP contribution in [-0.4, -0.2) is 54.4 Å². The Hall–Kier alpha value is -2.00. The number of nitrogens with zero attached hydrogens (tertiary/aromatic N) is 2. The van der Waals surface area contributed by atoms with Crippen LogP contribution < -0.4 is 16.0 Å². The van der Waals surface area contributed by atoms with Crippen LogP contribution >= 0.6 is 15.9 Å². The summed E-state index contributed by atoms with van der Waals surface area (Å²) in [4.78, 5) is 41.4. The third-order valence-electron chi connectivity index (χ3n) is 3.99. The summed E-state index contributed by atoms with van der Waals surface area (Å²) in [6, 6.07) is 3.05. The molecule has 1 aromatic rings. The number of aromatic nitrogens is 1. The average molecular weight is 412 g/mol. The first-order valence-corrected chi connectivity index (χ1v) is 8.93. The predicted octanol–water partition coefficient (Wildman–Crippen LogP) is 1.34. The molecular weight excluding hydrogens is 390 g/mol. The monoisotopic (exact) mass is 411 g/mol. The number of piperidine rings is 1. The van der Waals surface area contributed by atoms with E-state index in [4.69, 9.17) is 0 Å². The molecule has 3 N–H and O–H groups in total. The van der Waals surface area contributed by atoms with Crippen molar-refractivity contribution in [1.29, 1.82) is 0 Å². The first-order chi connectivity index (χ1) is 12.0. The maximum absolute atomic E-state index is 12.4. The molecule has 1 aliphatic rings. The Bertz CT molecular complexity index is 623. The fourth-order valence-corrected chi connectivity index (χ4v) is 2.90. The molecule has 0 aliphatic carbocycles. The fraction of sp³-hybridized carbons (Fsp3) is 0.500. The van der Waals surface area contributed by atoms with Crippen LogP contribution in [0.1, 0.15) is 19.3 Å². The van der Waals surface area contributed by atoms with Crippen molar-refractivity contribution in [2.45, 2.75) is 19.3 Å². The fourth-order valence-electron chi connectivity index (χ4n) is 2.66. The zero-order valence-electron chi connectivity index (χ0n) is 14.0. The van der Waals surface area contributed by atoms with Gasteiger partial charge in [-0.05, 0) is 47.4 Å². The van der Waals surface area contributed by atoms with Gasteiger partial charge < -0.3 is 15.5 Å². The van der Waals surface area contributed by atoms with Crippen molar-refractivity contribution >= 4 is 39.6 Å². The summed E-state index contributed by atoms with van der Waals surface area (Å²) >= 11 is 3.30. The van der Waals surface area contributed by atoms with Crippen LogP contribution in [-0.2, 0) is 9.59 Å². The quantitative estimate of drug-likeness (QED) is 0.678. The lowest BCUT2D eigenvalue weighted by molar-refractivity contribution is -0.121. The number of carbonyl (C=O) groups is 3. The number of hydrogen-bond acceptors (Lipinski definition) is 5. The normalized spacial score (nSPS) is 17.6. The molecule has 4 amide bonds. The van der Waals surface area contributed by atoms with Gasteiger partial charge in [-0.15, -0.1) is 0 Å². The molecule has 1 aromatic heterocycles. The number of nitrogens with one attached hydrogen (secondary N) is 3. The number of pyridine rings is 1. The number of hydrogen-bond donors (Lipinski definition) is 3. The van der Waals surface area contributed by atoms with Crippen LogP contribution in [0.2, 0.25) is 0 Å². The predicted molar refractivity (Wildman–Crippen MR) is 96.9 cm³/mol. The van der Waals surface area contributed by atoms with Gasteiger partial charge in [0.15, 0.2) is 0 Å². The maximum Gasteiger partial charge on any atom is 0.321 e. The Morgan fingerprint density at radius 2 is 2.16 bits per heavy atom. The zero-order chi connectivity index (χ0) is 18.2. The molecule has 0 saturated carbocycles. The van der Waals surface area contributed by atoms with E-state index >= 15 is 0 Å². The summed E-state index contributed by atoms with van der Waals surface area (Å²) in [7, 11) is 1.46. The van der Waals surface area contributed by atoms with Gasteiger partial charge in [0.2, 0.25) is 11.8 Å². The second kappa shape index (κ2) is 9.47. The smallest absolute Gasteiger partial charge is 0.321 e. The highest BCUT2D eigenvalue weighted by Gasteiger charge is 2.26. The summed E-state index contributed by atoms with van der Waals surface area (Å²) in [6.07, 6.45) is 3.55. The van der Waals surface area contributed by atoms with Crippen LogP contribution in [0.4, 0.5) is 10.6 Å². The van der Waals surface area contributed by atoms with E-state index in [2.05, 4.69) is 41.8 Å². The third-order valence-corrected chi connectivity index (χ3v) is 4.46. The number of halogens is 1. The number of anilines is 1. The molecule has 0 spiro atoms. The van der Waals surface area contributed by atoms with Crippen molar-refractivity contribution in [3.8, 4) is 0 Å². The van der Waals surface area contributed by atoms with Crippen molar-refractivity contribution in [2.24, 2.45) is 5.92 Å². The van der Waals surface area contributed by atoms with Crippen molar-refractivity contribution in [2.75, 3.05) is 32.0 Å². The van der Waals surface area contributed by atoms with Crippen molar-refractivity contribution in [1.82, 2.24) is 20.5 Å². The summed E-state index contributed by atoms with van der Waals surface area (Å²) < 4.78 is 0.851. The van der Waals surface area contributed by atoms with Gasteiger partial charge >= 0.3 is 6.03 Å². The van der Waals surface area contributed by atoms with E-state index in [1.165, 1.54) is 7.05 Å². The zero-order valence-corrected chi connectivity index (χ0v) is 15.6. The lowest BCUT2D eigenvalue weighted by Gasteiger charge is -2.31. The lowest BCUT2D eigenvalue weighted by atomic mass is 9.97. The number of likely N-dealkylation sites (tertiary alicyclic amines) is 1. The molecule has 9 heteroatoms. The highest BCUT2D eigenvalue weighted by Crippen LogP contribution is 2.19. The lowest BCUT2D eigenvalue weighted by Crippen LogP contribution is -2.43. The topological polar surface area (TPSA) is 103 Å². The first-order valence-electron chi connectivity index (χ1n) is 8.14.